The molecule has 0 saturated heterocycles. The molecule has 1 aromatic carbocycles. The maximum atomic E-state index is 13.3. The molecule has 0 amide bonds. The first-order valence-electron chi connectivity index (χ1n) is 13.7. The van der Waals surface area contributed by atoms with Crippen LogP contribution >= 0.6 is 0 Å². The summed E-state index contributed by atoms with van der Waals surface area (Å²) in [6.07, 6.45) is 11.7. The van der Waals surface area contributed by atoms with Gasteiger partial charge in [0, 0.05) is 29.6 Å². The van der Waals surface area contributed by atoms with Crippen LogP contribution in [0.2, 0.25) is 0 Å². The van der Waals surface area contributed by atoms with Crippen LogP contribution < -0.4 is 15.0 Å². The Bertz CT molecular complexity index is 1260. The van der Waals surface area contributed by atoms with Crippen LogP contribution in [-0.2, 0) is 6.54 Å². The Morgan fingerprint density at radius 2 is 1.75 bits per heavy atom. The summed E-state index contributed by atoms with van der Waals surface area (Å²) in [5, 5.41) is 14.1. The van der Waals surface area contributed by atoms with Gasteiger partial charge < -0.3 is 14.5 Å². The average molecular weight is 493 g/mol. The lowest BCUT2D eigenvalue weighted by Crippen LogP contribution is -2.39. The monoisotopic (exact) mass is 492 g/mol. The first-order valence-corrected chi connectivity index (χ1v) is 13.7. The molecule has 0 radical (unpaired) electrons. The number of tetrazole rings is 1. The van der Waals surface area contributed by atoms with Crippen LogP contribution in [0.5, 0.6) is 11.5 Å². The Morgan fingerprint density at radius 1 is 1.03 bits per heavy atom. The molecule has 0 bridgehead atoms. The number of hydrogen-bond acceptors (Lipinski definition) is 7. The molecule has 1 atom stereocenters. The smallest absolute Gasteiger partial charge is 0.252 e. The molecule has 3 aliphatic rings. The van der Waals surface area contributed by atoms with Crippen molar-refractivity contribution in [1.82, 2.24) is 30.1 Å². The number of nitrogens with one attached hydrogen (secondary N) is 1. The molecule has 9 nitrogen and oxygen atoms in total. The van der Waals surface area contributed by atoms with Gasteiger partial charge in [0.05, 0.1) is 17.6 Å². The predicted molar refractivity (Wildman–Crippen MR) is 136 cm³/mol. The zero-order valence-electron chi connectivity index (χ0n) is 21.1. The SMILES string of the molecule is CC[C@H](c1nnnn1C1CCCCC1)N(Cc1cc2cc3c(cc2[nH]c1=O)OCCO3)C1CCCC1. The third kappa shape index (κ3) is 4.49. The van der Waals surface area contributed by atoms with E-state index in [2.05, 4.69) is 37.0 Å². The van der Waals surface area contributed by atoms with Crippen LogP contribution in [0.1, 0.15) is 94.6 Å². The third-order valence-electron chi connectivity index (χ3n) is 8.25. The van der Waals surface area contributed by atoms with Gasteiger partial charge in [-0.25, -0.2) is 4.68 Å². The second-order valence-corrected chi connectivity index (χ2v) is 10.5. The molecular weight excluding hydrogens is 456 g/mol. The molecule has 192 valence electrons. The maximum absolute atomic E-state index is 13.3. The number of ether oxygens (including phenoxy) is 2. The van der Waals surface area contributed by atoms with E-state index in [4.69, 9.17) is 9.47 Å². The molecular formula is C27H36N6O3. The van der Waals surface area contributed by atoms with Gasteiger partial charge in [-0.05, 0) is 54.7 Å². The molecule has 2 fully saturated rings. The maximum Gasteiger partial charge on any atom is 0.252 e. The van der Waals surface area contributed by atoms with Crippen LogP contribution in [0.15, 0.2) is 23.0 Å². The van der Waals surface area contributed by atoms with Gasteiger partial charge in [0.15, 0.2) is 17.3 Å². The number of benzene rings is 1. The predicted octanol–water partition coefficient (Wildman–Crippen LogP) is 4.69. The largest absolute Gasteiger partial charge is 0.486 e. The van der Waals surface area contributed by atoms with Crippen molar-refractivity contribution < 1.29 is 9.47 Å². The lowest BCUT2D eigenvalue weighted by molar-refractivity contribution is 0.109. The lowest BCUT2D eigenvalue weighted by atomic mass is 9.95. The minimum atomic E-state index is -0.0519. The molecule has 3 heterocycles. The van der Waals surface area contributed by atoms with E-state index in [1.165, 1.54) is 32.1 Å². The standard InChI is InChI=1S/C27H36N6O3/c1-2-23(26-29-30-31-33(26)21-10-4-3-5-11-21)32(20-8-6-7-9-20)17-19-14-18-15-24-25(36-13-12-35-24)16-22(18)28-27(19)34/h14-16,20-21,23H,2-13,17H2,1H3,(H,28,34)/t23-/m1/s1. The molecule has 36 heavy (non-hydrogen) atoms. The van der Waals surface area contributed by atoms with Gasteiger partial charge in [0.1, 0.15) is 13.2 Å². The molecule has 3 aromatic rings. The van der Waals surface area contributed by atoms with Crippen LogP contribution in [0.3, 0.4) is 0 Å². The Morgan fingerprint density at radius 3 is 2.50 bits per heavy atom. The Hall–Kier alpha value is -2.94. The summed E-state index contributed by atoms with van der Waals surface area (Å²) in [6.45, 7) is 3.84. The van der Waals surface area contributed by atoms with Crippen molar-refractivity contribution in [3.05, 3.63) is 39.9 Å². The third-order valence-corrected chi connectivity index (χ3v) is 8.25. The van der Waals surface area contributed by atoms with Gasteiger partial charge in [-0.2, -0.15) is 0 Å². The molecule has 0 unspecified atom stereocenters. The molecule has 1 N–H and O–H groups in total. The second-order valence-electron chi connectivity index (χ2n) is 10.5. The number of aromatic nitrogens is 5. The van der Waals surface area contributed by atoms with Gasteiger partial charge >= 0.3 is 0 Å². The number of rotatable bonds is 7. The first kappa shape index (κ1) is 23.5. The Kier molecular flexibility index (Phi) is 6.65. The highest BCUT2D eigenvalue weighted by Crippen LogP contribution is 2.37. The average Bonchev–Trinajstić information content (AvgIpc) is 3.61. The number of nitrogens with zero attached hydrogens (tertiary/aromatic N) is 5. The number of aromatic amines is 1. The van der Waals surface area contributed by atoms with E-state index in [0.29, 0.717) is 37.6 Å². The van der Waals surface area contributed by atoms with Gasteiger partial charge in [0.2, 0.25) is 0 Å². The summed E-state index contributed by atoms with van der Waals surface area (Å²) in [7, 11) is 0. The molecule has 6 rings (SSSR count). The minimum Gasteiger partial charge on any atom is -0.486 e. The molecule has 0 spiro atoms. The number of H-pyrrole nitrogens is 1. The van der Waals surface area contributed by atoms with E-state index in [9.17, 15) is 4.79 Å². The Labute approximate surface area is 211 Å². The number of pyridine rings is 1. The van der Waals surface area contributed by atoms with E-state index >= 15 is 0 Å². The van der Waals surface area contributed by atoms with Gasteiger partial charge in [0.25, 0.3) is 5.56 Å². The summed E-state index contributed by atoms with van der Waals surface area (Å²) in [5.41, 5.74) is 1.49. The number of fused-ring (bicyclic) bond motifs is 2. The van der Waals surface area contributed by atoms with Crippen molar-refractivity contribution in [3.63, 3.8) is 0 Å². The molecule has 9 heteroatoms. The molecule has 1 aliphatic heterocycles. The highest BCUT2D eigenvalue weighted by atomic mass is 16.6. The van der Waals surface area contributed by atoms with E-state index in [-0.39, 0.29) is 11.6 Å². The summed E-state index contributed by atoms with van der Waals surface area (Å²) in [6, 6.07) is 6.73. The van der Waals surface area contributed by atoms with Crippen molar-refractivity contribution in [2.75, 3.05) is 13.2 Å². The van der Waals surface area contributed by atoms with Crippen LogP contribution in [0.4, 0.5) is 0 Å². The van der Waals surface area contributed by atoms with E-state index in [1.807, 2.05) is 18.2 Å². The topological polar surface area (TPSA) is 98.2 Å². The summed E-state index contributed by atoms with van der Waals surface area (Å²) >= 11 is 0. The van der Waals surface area contributed by atoms with E-state index in [0.717, 1.165) is 60.1 Å². The zero-order chi connectivity index (χ0) is 24.5. The number of hydrogen-bond donors (Lipinski definition) is 1. The van der Waals surface area contributed by atoms with Crippen LogP contribution in [0, 0.1) is 0 Å². The van der Waals surface area contributed by atoms with Crippen LogP contribution in [-0.4, -0.2) is 49.3 Å². The van der Waals surface area contributed by atoms with E-state index < -0.39 is 0 Å². The fourth-order valence-corrected chi connectivity index (χ4v) is 6.40. The zero-order valence-corrected chi connectivity index (χ0v) is 21.1. The highest BCUT2D eigenvalue weighted by Gasteiger charge is 2.34. The second kappa shape index (κ2) is 10.2. The highest BCUT2D eigenvalue weighted by molar-refractivity contribution is 5.83. The lowest BCUT2D eigenvalue weighted by Gasteiger charge is -2.36. The van der Waals surface area contributed by atoms with Crippen molar-refractivity contribution in [1.29, 1.82) is 0 Å². The van der Waals surface area contributed by atoms with Gasteiger partial charge in [-0.3, -0.25) is 9.69 Å². The fourth-order valence-electron chi connectivity index (χ4n) is 6.40. The Balaban J connectivity index is 1.35. The van der Waals surface area contributed by atoms with Crippen molar-refractivity contribution in [2.45, 2.75) is 95.8 Å². The molecule has 2 aromatic heterocycles. The van der Waals surface area contributed by atoms with Crippen molar-refractivity contribution in [2.24, 2.45) is 0 Å². The first-order chi connectivity index (χ1) is 17.7. The van der Waals surface area contributed by atoms with Crippen molar-refractivity contribution >= 4 is 10.9 Å². The van der Waals surface area contributed by atoms with Gasteiger partial charge in [-0.15, -0.1) is 5.10 Å². The molecule has 2 saturated carbocycles. The quantitative estimate of drug-likeness (QED) is 0.511. The summed E-state index contributed by atoms with van der Waals surface area (Å²) in [5.74, 6) is 2.37. The summed E-state index contributed by atoms with van der Waals surface area (Å²) in [4.78, 5) is 18.9. The minimum absolute atomic E-state index is 0.0519. The normalized spacial score (nSPS) is 19.8. The fraction of sp³-hybridized carbons (Fsp3) is 0.630. The van der Waals surface area contributed by atoms with Gasteiger partial charge in [-0.1, -0.05) is 39.0 Å². The summed E-state index contributed by atoms with van der Waals surface area (Å²) < 4.78 is 13.6. The van der Waals surface area contributed by atoms with Crippen LogP contribution in [0.25, 0.3) is 10.9 Å². The molecule has 2 aliphatic carbocycles. The van der Waals surface area contributed by atoms with Crippen molar-refractivity contribution in [3.8, 4) is 11.5 Å². The van der Waals surface area contributed by atoms with E-state index in [1.54, 1.807) is 0 Å².